The molecule has 2 rings (SSSR count). The number of nitrogens with zero attached hydrogens (tertiary/aromatic N) is 2. The van der Waals surface area contributed by atoms with Crippen LogP contribution in [0.4, 0.5) is 19.0 Å². The summed E-state index contributed by atoms with van der Waals surface area (Å²) in [6.45, 7) is 0.634. The van der Waals surface area contributed by atoms with E-state index in [0.717, 1.165) is 12.8 Å². The van der Waals surface area contributed by atoms with Gasteiger partial charge in [-0.3, -0.25) is 0 Å². The van der Waals surface area contributed by atoms with Crippen molar-refractivity contribution in [3.63, 3.8) is 0 Å². The van der Waals surface area contributed by atoms with Crippen LogP contribution < -0.4 is 4.90 Å². The van der Waals surface area contributed by atoms with Crippen molar-refractivity contribution in [2.45, 2.75) is 19.3 Å². The number of anilines is 1. The van der Waals surface area contributed by atoms with Gasteiger partial charge in [-0.1, -0.05) is 6.42 Å². The number of aromatic nitrogens is 1. The fourth-order valence-corrected chi connectivity index (χ4v) is 1.85. The smallest absolute Gasteiger partial charge is 0.251 e. The molecule has 5 heteroatoms. The topological polar surface area (TPSA) is 16.1 Å². The van der Waals surface area contributed by atoms with Crippen LogP contribution >= 0.6 is 0 Å². The number of rotatable bonds is 3. The molecule has 1 heterocycles. The van der Waals surface area contributed by atoms with Crippen molar-refractivity contribution in [3.8, 4) is 0 Å². The molecule has 1 aromatic rings. The highest BCUT2D eigenvalue weighted by Gasteiger charge is 2.22. The highest BCUT2D eigenvalue weighted by atomic mass is 19.2. The Morgan fingerprint density at radius 1 is 1.31 bits per heavy atom. The SMILES string of the molecule is CN(CC1CCC1)c1nc(F)c(F)cc1F. The summed E-state index contributed by atoms with van der Waals surface area (Å²) in [5.41, 5.74) is 0. The van der Waals surface area contributed by atoms with E-state index in [-0.39, 0.29) is 5.82 Å². The second-order valence-corrected chi connectivity index (χ2v) is 4.24. The van der Waals surface area contributed by atoms with Crippen molar-refractivity contribution in [1.82, 2.24) is 4.98 Å². The van der Waals surface area contributed by atoms with E-state index in [1.54, 1.807) is 11.9 Å². The molecule has 0 bridgehead atoms. The van der Waals surface area contributed by atoms with Crippen LogP contribution in [-0.2, 0) is 0 Å². The summed E-state index contributed by atoms with van der Waals surface area (Å²) in [5.74, 6) is -2.93. The normalized spacial score (nSPS) is 16.0. The Bertz CT molecular complexity index is 391. The highest BCUT2D eigenvalue weighted by molar-refractivity contribution is 5.39. The average Bonchev–Trinajstić information content (AvgIpc) is 2.17. The Kier molecular flexibility index (Phi) is 3.03. The molecule has 1 saturated carbocycles. The van der Waals surface area contributed by atoms with Crippen molar-refractivity contribution in [1.29, 1.82) is 0 Å². The maximum atomic E-state index is 13.3. The molecule has 1 fully saturated rings. The summed E-state index contributed by atoms with van der Waals surface area (Å²) >= 11 is 0. The number of hydrogen-bond donors (Lipinski definition) is 0. The standard InChI is InChI=1S/C11H13F3N2/c1-16(6-7-3-2-4-7)11-9(13)5-8(12)10(14)15-11/h5,7H,2-4,6H2,1H3. The van der Waals surface area contributed by atoms with E-state index in [4.69, 9.17) is 0 Å². The van der Waals surface area contributed by atoms with E-state index in [1.165, 1.54) is 6.42 Å². The Balaban J connectivity index is 2.14. The molecule has 0 aromatic carbocycles. The number of halogens is 3. The van der Waals surface area contributed by atoms with Gasteiger partial charge >= 0.3 is 0 Å². The quantitative estimate of drug-likeness (QED) is 0.742. The summed E-state index contributed by atoms with van der Waals surface area (Å²) in [7, 11) is 1.64. The molecule has 0 atom stereocenters. The second-order valence-electron chi connectivity index (χ2n) is 4.24. The summed E-state index contributed by atoms with van der Waals surface area (Å²) in [5, 5.41) is 0. The van der Waals surface area contributed by atoms with Gasteiger partial charge in [0, 0.05) is 19.7 Å². The van der Waals surface area contributed by atoms with Crippen molar-refractivity contribution in [2.24, 2.45) is 5.92 Å². The summed E-state index contributed by atoms with van der Waals surface area (Å²) in [4.78, 5) is 4.84. The molecule has 16 heavy (non-hydrogen) atoms. The van der Waals surface area contributed by atoms with Crippen LogP contribution in [0, 0.1) is 23.5 Å². The van der Waals surface area contributed by atoms with Crippen LogP contribution in [0.15, 0.2) is 6.07 Å². The van der Waals surface area contributed by atoms with Crippen LogP contribution in [0.5, 0.6) is 0 Å². The molecule has 0 amide bonds. The zero-order valence-corrected chi connectivity index (χ0v) is 9.01. The van der Waals surface area contributed by atoms with Crippen LogP contribution in [0.1, 0.15) is 19.3 Å². The van der Waals surface area contributed by atoms with Gasteiger partial charge in [0.1, 0.15) is 0 Å². The highest BCUT2D eigenvalue weighted by Crippen LogP contribution is 2.28. The van der Waals surface area contributed by atoms with Crippen LogP contribution in [0.2, 0.25) is 0 Å². The molecule has 2 nitrogen and oxygen atoms in total. The lowest BCUT2D eigenvalue weighted by molar-refractivity contribution is 0.319. The minimum absolute atomic E-state index is 0.120. The van der Waals surface area contributed by atoms with Gasteiger partial charge in [-0.2, -0.15) is 9.37 Å². The fraction of sp³-hybridized carbons (Fsp3) is 0.545. The van der Waals surface area contributed by atoms with Gasteiger partial charge in [0.25, 0.3) is 5.95 Å². The third-order valence-corrected chi connectivity index (χ3v) is 2.99. The van der Waals surface area contributed by atoms with E-state index in [1.807, 2.05) is 0 Å². The Morgan fingerprint density at radius 2 is 2.00 bits per heavy atom. The molecule has 0 saturated heterocycles. The predicted octanol–water partition coefficient (Wildman–Crippen LogP) is 2.74. The van der Waals surface area contributed by atoms with E-state index >= 15 is 0 Å². The maximum absolute atomic E-state index is 13.3. The lowest BCUT2D eigenvalue weighted by atomic mass is 9.85. The molecule has 1 aromatic heterocycles. The minimum atomic E-state index is -1.25. The molecule has 0 spiro atoms. The number of hydrogen-bond acceptors (Lipinski definition) is 2. The molecule has 1 aliphatic carbocycles. The van der Waals surface area contributed by atoms with Gasteiger partial charge in [0.05, 0.1) is 0 Å². The Hall–Kier alpha value is -1.26. The van der Waals surface area contributed by atoms with Crippen molar-refractivity contribution in [2.75, 3.05) is 18.5 Å². The first kappa shape index (κ1) is 11.2. The van der Waals surface area contributed by atoms with Gasteiger partial charge in [0.2, 0.25) is 0 Å². The third-order valence-electron chi connectivity index (χ3n) is 2.99. The zero-order chi connectivity index (χ0) is 11.7. The van der Waals surface area contributed by atoms with Crippen LogP contribution in [-0.4, -0.2) is 18.6 Å². The molecule has 88 valence electrons. The van der Waals surface area contributed by atoms with Crippen molar-refractivity contribution < 1.29 is 13.2 Å². The molecule has 1 aliphatic rings. The maximum Gasteiger partial charge on any atom is 0.251 e. The van der Waals surface area contributed by atoms with Gasteiger partial charge in [-0.05, 0) is 18.8 Å². The summed E-state index contributed by atoms with van der Waals surface area (Å²) in [6.07, 6.45) is 3.40. The predicted molar refractivity (Wildman–Crippen MR) is 54.7 cm³/mol. The molecule has 0 unspecified atom stereocenters. The zero-order valence-electron chi connectivity index (χ0n) is 9.01. The van der Waals surface area contributed by atoms with Crippen LogP contribution in [0.25, 0.3) is 0 Å². The average molecular weight is 230 g/mol. The van der Waals surface area contributed by atoms with Crippen molar-refractivity contribution in [3.05, 3.63) is 23.6 Å². The van der Waals surface area contributed by atoms with Crippen LogP contribution in [0.3, 0.4) is 0 Å². The van der Waals surface area contributed by atoms with Gasteiger partial charge in [-0.25, -0.2) is 8.78 Å². The first-order valence-electron chi connectivity index (χ1n) is 5.30. The van der Waals surface area contributed by atoms with E-state index in [2.05, 4.69) is 4.98 Å². The van der Waals surface area contributed by atoms with Crippen molar-refractivity contribution >= 4 is 5.82 Å². The first-order valence-corrected chi connectivity index (χ1v) is 5.30. The second kappa shape index (κ2) is 4.31. The molecule has 0 aliphatic heterocycles. The molecular formula is C11H13F3N2. The Labute approximate surface area is 92.1 Å². The van der Waals surface area contributed by atoms with Gasteiger partial charge < -0.3 is 4.90 Å². The molecule has 0 radical (unpaired) electrons. The monoisotopic (exact) mass is 230 g/mol. The Morgan fingerprint density at radius 3 is 2.56 bits per heavy atom. The third kappa shape index (κ3) is 2.13. The summed E-state index contributed by atoms with van der Waals surface area (Å²) < 4.78 is 38.9. The number of pyridine rings is 1. The lowest BCUT2D eigenvalue weighted by Crippen LogP contribution is -2.30. The van der Waals surface area contributed by atoms with E-state index < -0.39 is 17.6 Å². The van der Waals surface area contributed by atoms with Gasteiger partial charge in [0.15, 0.2) is 17.5 Å². The largest absolute Gasteiger partial charge is 0.357 e. The lowest BCUT2D eigenvalue weighted by Gasteiger charge is -2.30. The first-order chi connectivity index (χ1) is 7.58. The molecule has 0 N–H and O–H groups in total. The minimum Gasteiger partial charge on any atom is -0.357 e. The van der Waals surface area contributed by atoms with E-state index in [9.17, 15) is 13.2 Å². The van der Waals surface area contributed by atoms with Gasteiger partial charge in [-0.15, -0.1) is 0 Å². The van der Waals surface area contributed by atoms with E-state index in [0.29, 0.717) is 18.5 Å². The molecular weight excluding hydrogens is 217 g/mol. The fourth-order valence-electron chi connectivity index (χ4n) is 1.85. The summed E-state index contributed by atoms with van der Waals surface area (Å²) in [6, 6.07) is 0.537.